The van der Waals surface area contributed by atoms with E-state index in [0.717, 1.165) is 0 Å². The van der Waals surface area contributed by atoms with Crippen LogP contribution in [0.15, 0.2) is 42.5 Å². The Hall–Kier alpha value is -2.76. The first-order valence-electron chi connectivity index (χ1n) is 9.02. The first-order valence-corrected chi connectivity index (χ1v) is 9.02. The topological polar surface area (TPSA) is 40.6 Å². The summed E-state index contributed by atoms with van der Waals surface area (Å²) in [5.41, 5.74) is 1.25. The third kappa shape index (κ3) is 4.51. The van der Waals surface area contributed by atoms with Crippen molar-refractivity contribution in [2.75, 3.05) is 26.2 Å². The number of amides is 2. The smallest absolute Gasteiger partial charge is 0.253 e. The lowest BCUT2D eigenvalue weighted by Gasteiger charge is -2.22. The lowest BCUT2D eigenvalue weighted by Crippen LogP contribution is -2.38. The van der Waals surface area contributed by atoms with Crippen molar-refractivity contribution in [2.24, 2.45) is 0 Å². The van der Waals surface area contributed by atoms with Crippen LogP contribution in [0.1, 0.15) is 27.9 Å². The second kappa shape index (κ2) is 8.29. The summed E-state index contributed by atoms with van der Waals surface area (Å²) in [4.78, 5) is 28.6. The molecule has 2 aromatic carbocycles. The van der Waals surface area contributed by atoms with Crippen molar-refractivity contribution in [2.45, 2.75) is 19.8 Å². The average molecular weight is 372 g/mol. The van der Waals surface area contributed by atoms with E-state index in [2.05, 4.69) is 0 Å². The van der Waals surface area contributed by atoms with Gasteiger partial charge in [0.15, 0.2) is 0 Å². The van der Waals surface area contributed by atoms with E-state index >= 15 is 0 Å². The fourth-order valence-electron chi connectivity index (χ4n) is 3.25. The Kier molecular flexibility index (Phi) is 5.84. The third-order valence-electron chi connectivity index (χ3n) is 4.84. The predicted octanol–water partition coefficient (Wildman–Crippen LogP) is 3.19. The minimum atomic E-state index is -0.385. The largest absolute Gasteiger partial charge is 0.341 e. The van der Waals surface area contributed by atoms with Crippen LogP contribution in [0.4, 0.5) is 8.78 Å². The molecule has 0 aromatic heterocycles. The molecule has 1 fully saturated rings. The molecule has 1 aliphatic heterocycles. The molecule has 4 nitrogen and oxygen atoms in total. The number of carbonyl (C=O) groups is 2. The third-order valence-corrected chi connectivity index (χ3v) is 4.84. The van der Waals surface area contributed by atoms with Gasteiger partial charge in [-0.2, -0.15) is 0 Å². The Morgan fingerprint density at radius 2 is 1.63 bits per heavy atom. The summed E-state index contributed by atoms with van der Waals surface area (Å²) in [6, 6.07) is 10.6. The van der Waals surface area contributed by atoms with Gasteiger partial charge in [-0.3, -0.25) is 9.59 Å². The highest BCUT2D eigenvalue weighted by atomic mass is 19.1. The van der Waals surface area contributed by atoms with Crippen molar-refractivity contribution in [3.8, 4) is 0 Å². The monoisotopic (exact) mass is 372 g/mol. The first kappa shape index (κ1) is 19.0. The maximum atomic E-state index is 13.8. The molecule has 0 aliphatic carbocycles. The normalized spacial score (nSPS) is 14.8. The van der Waals surface area contributed by atoms with Crippen molar-refractivity contribution >= 4 is 11.8 Å². The maximum absolute atomic E-state index is 13.8. The molecule has 0 radical (unpaired) electrons. The second-order valence-electron chi connectivity index (χ2n) is 6.76. The van der Waals surface area contributed by atoms with E-state index in [4.69, 9.17) is 0 Å². The summed E-state index contributed by atoms with van der Waals surface area (Å²) in [6.07, 6.45) is 0.659. The van der Waals surface area contributed by atoms with E-state index in [1.54, 1.807) is 41.0 Å². The van der Waals surface area contributed by atoms with Crippen molar-refractivity contribution in [3.05, 3.63) is 70.8 Å². The van der Waals surface area contributed by atoms with Crippen molar-refractivity contribution < 1.29 is 18.4 Å². The predicted molar refractivity (Wildman–Crippen MR) is 98.3 cm³/mol. The molecule has 0 unspecified atom stereocenters. The number of nitrogens with zero attached hydrogens (tertiary/aromatic N) is 2. The Balaban J connectivity index is 1.63. The molecule has 1 heterocycles. The van der Waals surface area contributed by atoms with Crippen molar-refractivity contribution in [1.29, 1.82) is 0 Å². The van der Waals surface area contributed by atoms with Gasteiger partial charge in [-0.25, -0.2) is 8.78 Å². The van der Waals surface area contributed by atoms with Gasteiger partial charge in [0.1, 0.15) is 11.6 Å². The summed E-state index contributed by atoms with van der Waals surface area (Å²) < 4.78 is 27.2. The summed E-state index contributed by atoms with van der Waals surface area (Å²) >= 11 is 0. The average Bonchev–Trinajstić information content (AvgIpc) is 2.91. The molecule has 1 aliphatic rings. The number of hydrogen-bond acceptors (Lipinski definition) is 2. The van der Waals surface area contributed by atoms with Gasteiger partial charge in [-0.05, 0) is 48.7 Å². The van der Waals surface area contributed by atoms with Crippen LogP contribution in [0.2, 0.25) is 0 Å². The van der Waals surface area contributed by atoms with Crippen molar-refractivity contribution in [1.82, 2.24) is 9.80 Å². The maximum Gasteiger partial charge on any atom is 0.253 e. The van der Waals surface area contributed by atoms with E-state index < -0.39 is 0 Å². The van der Waals surface area contributed by atoms with E-state index in [1.807, 2.05) is 0 Å². The zero-order chi connectivity index (χ0) is 19.4. The number of aryl methyl sites for hydroxylation is 1. The fourth-order valence-corrected chi connectivity index (χ4v) is 3.25. The number of carbonyl (C=O) groups excluding carboxylic acids is 2. The number of rotatable bonds is 3. The lowest BCUT2D eigenvalue weighted by atomic mass is 10.1. The second-order valence-corrected chi connectivity index (χ2v) is 6.76. The van der Waals surface area contributed by atoms with Crippen LogP contribution in [-0.2, 0) is 11.2 Å². The summed E-state index contributed by atoms with van der Waals surface area (Å²) in [5, 5.41) is 0. The van der Waals surface area contributed by atoms with Gasteiger partial charge in [0.05, 0.1) is 6.42 Å². The Morgan fingerprint density at radius 3 is 2.37 bits per heavy atom. The highest BCUT2D eigenvalue weighted by Gasteiger charge is 2.23. The van der Waals surface area contributed by atoms with E-state index in [0.29, 0.717) is 49.3 Å². The Labute approximate surface area is 157 Å². The van der Waals surface area contributed by atoms with Gasteiger partial charge in [-0.1, -0.05) is 18.2 Å². The van der Waals surface area contributed by atoms with Gasteiger partial charge in [0, 0.05) is 31.7 Å². The molecule has 0 saturated carbocycles. The zero-order valence-corrected chi connectivity index (χ0v) is 15.3. The van der Waals surface area contributed by atoms with Crippen LogP contribution in [-0.4, -0.2) is 47.8 Å². The first-order chi connectivity index (χ1) is 13.0. The van der Waals surface area contributed by atoms with Crippen LogP contribution >= 0.6 is 0 Å². The van der Waals surface area contributed by atoms with E-state index in [9.17, 15) is 18.4 Å². The minimum Gasteiger partial charge on any atom is -0.341 e. The lowest BCUT2D eigenvalue weighted by molar-refractivity contribution is -0.130. The minimum absolute atomic E-state index is 0.0117. The zero-order valence-electron chi connectivity index (χ0n) is 15.3. The molecule has 27 heavy (non-hydrogen) atoms. The molecule has 1 saturated heterocycles. The highest BCUT2D eigenvalue weighted by molar-refractivity contribution is 5.94. The van der Waals surface area contributed by atoms with E-state index in [1.165, 1.54) is 18.2 Å². The summed E-state index contributed by atoms with van der Waals surface area (Å²) in [5.74, 6) is -1.04. The van der Waals surface area contributed by atoms with Crippen LogP contribution in [0.3, 0.4) is 0 Å². The molecule has 3 rings (SSSR count). The number of benzene rings is 2. The summed E-state index contributed by atoms with van der Waals surface area (Å²) in [6.45, 7) is 3.48. The molecular formula is C21H22F2N2O2. The summed E-state index contributed by atoms with van der Waals surface area (Å²) in [7, 11) is 0. The molecular weight excluding hydrogens is 350 g/mol. The Morgan fingerprint density at radius 1 is 0.926 bits per heavy atom. The quantitative estimate of drug-likeness (QED) is 0.830. The molecule has 0 bridgehead atoms. The van der Waals surface area contributed by atoms with Crippen molar-refractivity contribution in [3.63, 3.8) is 0 Å². The Bertz CT molecular complexity index is 854. The molecule has 0 N–H and O–H groups in total. The van der Waals surface area contributed by atoms with E-state index in [-0.39, 0.29) is 29.9 Å². The van der Waals surface area contributed by atoms with Crippen LogP contribution in [0.5, 0.6) is 0 Å². The van der Waals surface area contributed by atoms with Gasteiger partial charge in [-0.15, -0.1) is 0 Å². The van der Waals surface area contributed by atoms with Gasteiger partial charge < -0.3 is 9.80 Å². The van der Waals surface area contributed by atoms with Crippen LogP contribution in [0, 0.1) is 18.6 Å². The SMILES string of the molecule is Cc1cc(C(=O)N2CCCN(C(=O)Cc3ccccc3F)CC2)ccc1F. The van der Waals surface area contributed by atoms with Gasteiger partial charge in [0.25, 0.3) is 5.91 Å². The van der Waals surface area contributed by atoms with Gasteiger partial charge in [0.2, 0.25) is 5.91 Å². The van der Waals surface area contributed by atoms with Crippen LogP contribution < -0.4 is 0 Å². The number of halogens is 2. The van der Waals surface area contributed by atoms with Gasteiger partial charge >= 0.3 is 0 Å². The fraction of sp³-hybridized carbons (Fsp3) is 0.333. The highest BCUT2D eigenvalue weighted by Crippen LogP contribution is 2.15. The molecule has 6 heteroatoms. The molecule has 0 atom stereocenters. The molecule has 0 spiro atoms. The molecule has 142 valence electrons. The molecule has 2 aromatic rings. The van der Waals surface area contributed by atoms with Crippen LogP contribution in [0.25, 0.3) is 0 Å². The number of hydrogen-bond donors (Lipinski definition) is 0. The molecule has 2 amide bonds. The standard InChI is InChI=1S/C21H22F2N2O2/c1-15-13-17(7-8-18(15)22)21(27)25-10-4-9-24(11-12-25)20(26)14-16-5-2-3-6-19(16)23/h2-3,5-8,13H,4,9-12,14H2,1H3.